The fourth-order valence-electron chi connectivity index (χ4n) is 1.44. The van der Waals surface area contributed by atoms with Gasteiger partial charge in [0.15, 0.2) is 0 Å². The average molecular weight is 246 g/mol. The Morgan fingerprint density at radius 2 is 1.59 bits per heavy atom. The molecule has 1 aliphatic heterocycles. The molecule has 1 aliphatic rings. The number of halogens is 2. The van der Waals surface area contributed by atoms with Crippen molar-refractivity contribution in [3.63, 3.8) is 0 Å². The van der Waals surface area contributed by atoms with Crippen LogP contribution in [0, 0.1) is 5.41 Å². The molecule has 0 aliphatic carbocycles. The van der Waals surface area contributed by atoms with Crippen LogP contribution in [0.1, 0.15) is 41.5 Å². The molecule has 0 radical (unpaired) electrons. The normalized spacial score (nSPS) is 24.2. The lowest BCUT2D eigenvalue weighted by Gasteiger charge is -2.32. The van der Waals surface area contributed by atoms with E-state index in [0.717, 1.165) is 0 Å². The molecule has 1 saturated heterocycles. The Morgan fingerprint density at radius 3 is 1.94 bits per heavy atom. The van der Waals surface area contributed by atoms with Gasteiger partial charge < -0.3 is 9.31 Å². The van der Waals surface area contributed by atoms with Crippen LogP contribution < -0.4 is 0 Å². The van der Waals surface area contributed by atoms with Crippen molar-refractivity contribution in [1.82, 2.24) is 0 Å². The van der Waals surface area contributed by atoms with Gasteiger partial charge in [-0.3, -0.25) is 4.39 Å². The van der Waals surface area contributed by atoms with Crippen LogP contribution in [0.3, 0.4) is 0 Å². The van der Waals surface area contributed by atoms with Crippen LogP contribution in [0.15, 0.2) is 11.8 Å². The van der Waals surface area contributed by atoms with Crippen LogP contribution in [-0.2, 0) is 9.31 Å². The summed E-state index contributed by atoms with van der Waals surface area (Å²) in [5.41, 5.74) is -2.56. The van der Waals surface area contributed by atoms with Gasteiger partial charge >= 0.3 is 7.12 Å². The zero-order chi connectivity index (χ0) is 13.5. The smallest absolute Gasteiger partial charge is 0.398 e. The Kier molecular flexibility index (Phi) is 3.75. The quantitative estimate of drug-likeness (QED) is 0.710. The van der Waals surface area contributed by atoms with Crippen LogP contribution >= 0.6 is 0 Å². The number of alkyl halides is 1. The van der Waals surface area contributed by atoms with Gasteiger partial charge in [-0.2, -0.15) is 0 Å². The van der Waals surface area contributed by atoms with Crippen molar-refractivity contribution in [3.05, 3.63) is 11.8 Å². The standard InChI is InChI=1S/C12H21BF2O2/c1-10(2,8-14)7-9(15)13-16-11(3,4)12(5,6)17-13/h7H,8H2,1-6H3. The molecule has 17 heavy (non-hydrogen) atoms. The van der Waals surface area contributed by atoms with Crippen molar-refractivity contribution in [2.45, 2.75) is 52.7 Å². The lowest BCUT2D eigenvalue weighted by molar-refractivity contribution is 0.00578. The largest absolute Gasteiger partial charge is 0.524 e. The average Bonchev–Trinajstić information content (AvgIpc) is 2.36. The molecule has 0 aromatic heterocycles. The van der Waals surface area contributed by atoms with Crippen molar-refractivity contribution in [2.24, 2.45) is 5.41 Å². The van der Waals surface area contributed by atoms with E-state index in [1.165, 1.54) is 6.08 Å². The highest BCUT2D eigenvalue weighted by atomic mass is 19.1. The summed E-state index contributed by atoms with van der Waals surface area (Å²) in [7, 11) is -1.04. The van der Waals surface area contributed by atoms with Crippen LogP contribution in [-0.4, -0.2) is 25.0 Å². The summed E-state index contributed by atoms with van der Waals surface area (Å²) in [6.07, 6.45) is 1.23. The summed E-state index contributed by atoms with van der Waals surface area (Å²) in [6, 6.07) is 0. The van der Waals surface area contributed by atoms with Crippen molar-refractivity contribution in [1.29, 1.82) is 0 Å². The van der Waals surface area contributed by atoms with Gasteiger partial charge in [0, 0.05) is 5.41 Å². The summed E-state index contributed by atoms with van der Waals surface area (Å²) in [4.78, 5) is 0. The molecular formula is C12H21BF2O2. The number of rotatable bonds is 3. The van der Waals surface area contributed by atoms with Gasteiger partial charge in [0.05, 0.1) is 17.9 Å². The molecule has 0 saturated carbocycles. The molecule has 0 amide bonds. The second kappa shape index (κ2) is 4.36. The molecule has 0 N–H and O–H groups in total. The van der Waals surface area contributed by atoms with E-state index >= 15 is 0 Å². The first-order valence-electron chi connectivity index (χ1n) is 5.81. The first-order chi connectivity index (χ1) is 7.51. The van der Waals surface area contributed by atoms with Crippen molar-refractivity contribution >= 4 is 7.12 Å². The first kappa shape index (κ1) is 14.6. The summed E-state index contributed by atoms with van der Waals surface area (Å²) < 4.78 is 37.6. The molecule has 0 bridgehead atoms. The highest BCUT2D eigenvalue weighted by molar-refractivity contribution is 6.53. The Balaban J connectivity index is 2.85. The second-order valence-electron chi connectivity index (χ2n) is 6.24. The number of allylic oxidation sites excluding steroid dienone is 1. The third-order valence-corrected chi connectivity index (χ3v) is 3.35. The monoisotopic (exact) mass is 246 g/mol. The van der Waals surface area contributed by atoms with E-state index < -0.39 is 36.1 Å². The Morgan fingerprint density at radius 1 is 1.18 bits per heavy atom. The molecule has 2 nitrogen and oxygen atoms in total. The van der Waals surface area contributed by atoms with E-state index in [9.17, 15) is 8.78 Å². The minimum absolute atomic E-state index is 0.564. The summed E-state index contributed by atoms with van der Waals surface area (Å²) in [6.45, 7) is 10.0. The topological polar surface area (TPSA) is 18.5 Å². The zero-order valence-electron chi connectivity index (χ0n) is 11.4. The predicted molar refractivity (Wildman–Crippen MR) is 65.0 cm³/mol. The molecule has 1 rings (SSSR count). The minimum atomic E-state index is -1.04. The Labute approximate surface area is 103 Å². The van der Waals surface area contributed by atoms with Crippen molar-refractivity contribution in [2.75, 3.05) is 6.67 Å². The molecule has 0 atom stereocenters. The predicted octanol–water partition coefficient (Wildman–Crippen LogP) is 3.47. The Bertz CT molecular complexity index is 308. The summed E-state index contributed by atoms with van der Waals surface area (Å²) >= 11 is 0. The molecular weight excluding hydrogens is 225 g/mol. The first-order valence-corrected chi connectivity index (χ1v) is 5.81. The van der Waals surface area contributed by atoms with Gasteiger partial charge in [0.1, 0.15) is 5.73 Å². The van der Waals surface area contributed by atoms with Gasteiger partial charge in [-0.25, -0.2) is 4.39 Å². The molecule has 1 heterocycles. The van der Waals surface area contributed by atoms with E-state index in [4.69, 9.17) is 9.31 Å². The van der Waals surface area contributed by atoms with Crippen LogP contribution in [0.5, 0.6) is 0 Å². The van der Waals surface area contributed by atoms with Gasteiger partial charge in [-0.15, -0.1) is 0 Å². The molecule has 0 aromatic rings. The van der Waals surface area contributed by atoms with Crippen molar-refractivity contribution in [3.8, 4) is 0 Å². The third kappa shape index (κ3) is 3.07. The van der Waals surface area contributed by atoms with Crippen molar-refractivity contribution < 1.29 is 18.1 Å². The lowest BCUT2D eigenvalue weighted by Crippen LogP contribution is -2.41. The van der Waals surface area contributed by atoms with Gasteiger partial charge in [-0.05, 0) is 33.8 Å². The SMILES string of the molecule is CC(C)(C=C(F)B1OC(C)(C)C(C)(C)O1)CF. The van der Waals surface area contributed by atoms with E-state index in [-0.39, 0.29) is 0 Å². The van der Waals surface area contributed by atoms with Crippen LogP contribution in [0.4, 0.5) is 8.78 Å². The molecule has 98 valence electrons. The molecule has 5 heteroatoms. The van der Waals surface area contributed by atoms with E-state index in [0.29, 0.717) is 0 Å². The Hall–Kier alpha value is -0.415. The summed E-state index contributed by atoms with van der Waals surface area (Å²) in [5.74, 6) is 0. The zero-order valence-corrected chi connectivity index (χ0v) is 11.4. The highest BCUT2D eigenvalue weighted by Crippen LogP contribution is 2.39. The molecule has 1 fully saturated rings. The molecule has 0 spiro atoms. The number of hydrogen-bond donors (Lipinski definition) is 0. The van der Waals surface area contributed by atoms with Crippen LogP contribution in [0.25, 0.3) is 0 Å². The van der Waals surface area contributed by atoms with Gasteiger partial charge in [0.2, 0.25) is 0 Å². The lowest BCUT2D eigenvalue weighted by atomic mass is 9.82. The van der Waals surface area contributed by atoms with Gasteiger partial charge in [0.25, 0.3) is 0 Å². The highest BCUT2D eigenvalue weighted by Gasteiger charge is 2.53. The maximum absolute atomic E-state index is 13.9. The van der Waals surface area contributed by atoms with Gasteiger partial charge in [-0.1, -0.05) is 13.8 Å². The minimum Gasteiger partial charge on any atom is -0.398 e. The maximum atomic E-state index is 13.9. The van der Waals surface area contributed by atoms with E-state index in [1.54, 1.807) is 13.8 Å². The van der Waals surface area contributed by atoms with Crippen LogP contribution in [0.2, 0.25) is 0 Å². The fraction of sp³-hybridized carbons (Fsp3) is 0.833. The third-order valence-electron chi connectivity index (χ3n) is 3.35. The maximum Gasteiger partial charge on any atom is 0.524 e. The fourth-order valence-corrected chi connectivity index (χ4v) is 1.44. The number of hydrogen-bond acceptors (Lipinski definition) is 2. The molecule has 0 unspecified atom stereocenters. The second-order valence-corrected chi connectivity index (χ2v) is 6.24. The van der Waals surface area contributed by atoms with E-state index in [1.807, 2.05) is 27.7 Å². The molecule has 0 aromatic carbocycles. The van der Waals surface area contributed by atoms with E-state index in [2.05, 4.69) is 0 Å². The summed E-state index contributed by atoms with van der Waals surface area (Å²) in [5, 5.41) is 0.